The van der Waals surface area contributed by atoms with Crippen molar-refractivity contribution in [3.63, 3.8) is 0 Å². The second-order valence-corrected chi connectivity index (χ2v) is 7.82. The van der Waals surface area contributed by atoms with E-state index in [1.807, 2.05) is 13.8 Å². The average molecular weight is 386 g/mol. The highest BCUT2D eigenvalue weighted by atomic mass is 16.5. The molecule has 150 valence electrons. The molecule has 2 heterocycles. The number of esters is 1. The average Bonchev–Trinajstić information content (AvgIpc) is 2.95. The first-order valence-corrected chi connectivity index (χ1v) is 9.68. The number of nitrogens with zero attached hydrogens (tertiary/aromatic N) is 2. The van der Waals surface area contributed by atoms with Crippen LogP contribution in [0.1, 0.15) is 53.8 Å². The zero-order chi connectivity index (χ0) is 20.4. The number of amides is 3. The van der Waals surface area contributed by atoms with Gasteiger partial charge in [0, 0.05) is 13.1 Å². The van der Waals surface area contributed by atoms with Crippen molar-refractivity contribution in [2.45, 2.75) is 39.2 Å². The molecule has 1 fully saturated rings. The third-order valence-corrected chi connectivity index (χ3v) is 5.38. The minimum absolute atomic E-state index is 0.111. The van der Waals surface area contributed by atoms with Crippen LogP contribution in [0.5, 0.6) is 0 Å². The summed E-state index contributed by atoms with van der Waals surface area (Å²) < 4.78 is 4.82. The standard InChI is InChI=1S/C21H26N2O5/c1-13(2)11-17(20(26)22-10-6-7-14(12-22)21(27)28-3)23-18(24)15-8-4-5-9-16(15)19(23)25/h4-5,8-9,13-14,17H,6-7,10-12H2,1-3H3. The molecule has 0 aliphatic carbocycles. The van der Waals surface area contributed by atoms with E-state index in [0.29, 0.717) is 36.9 Å². The van der Waals surface area contributed by atoms with Gasteiger partial charge in [-0.15, -0.1) is 0 Å². The number of carbonyl (C=O) groups is 4. The number of fused-ring (bicyclic) bond motifs is 1. The van der Waals surface area contributed by atoms with Crippen LogP contribution in [-0.4, -0.2) is 59.7 Å². The molecule has 0 N–H and O–H groups in total. The van der Waals surface area contributed by atoms with Gasteiger partial charge in [-0.1, -0.05) is 26.0 Å². The smallest absolute Gasteiger partial charge is 0.310 e. The monoisotopic (exact) mass is 386 g/mol. The zero-order valence-electron chi connectivity index (χ0n) is 16.5. The van der Waals surface area contributed by atoms with Gasteiger partial charge in [-0.2, -0.15) is 0 Å². The quantitative estimate of drug-likeness (QED) is 0.572. The summed E-state index contributed by atoms with van der Waals surface area (Å²) in [5, 5.41) is 0. The summed E-state index contributed by atoms with van der Waals surface area (Å²) in [6.45, 7) is 4.66. The van der Waals surface area contributed by atoms with Gasteiger partial charge in [0.15, 0.2) is 0 Å². The van der Waals surface area contributed by atoms with Crippen LogP contribution in [0.2, 0.25) is 0 Å². The lowest BCUT2D eigenvalue weighted by molar-refractivity contribution is -0.150. The molecule has 28 heavy (non-hydrogen) atoms. The minimum atomic E-state index is -0.871. The maximum atomic E-state index is 13.3. The second kappa shape index (κ2) is 8.12. The summed E-state index contributed by atoms with van der Waals surface area (Å²) >= 11 is 0. The van der Waals surface area contributed by atoms with Crippen LogP contribution in [-0.2, 0) is 14.3 Å². The lowest BCUT2D eigenvalue weighted by Gasteiger charge is -2.36. The maximum Gasteiger partial charge on any atom is 0.310 e. The van der Waals surface area contributed by atoms with Crippen LogP contribution >= 0.6 is 0 Å². The van der Waals surface area contributed by atoms with E-state index in [0.717, 1.165) is 4.90 Å². The Morgan fingerprint density at radius 1 is 1.14 bits per heavy atom. The molecule has 0 radical (unpaired) electrons. The van der Waals surface area contributed by atoms with E-state index in [4.69, 9.17) is 4.74 Å². The van der Waals surface area contributed by atoms with Gasteiger partial charge in [-0.25, -0.2) is 0 Å². The van der Waals surface area contributed by atoms with Crippen molar-refractivity contribution < 1.29 is 23.9 Å². The van der Waals surface area contributed by atoms with Crippen LogP contribution in [0.15, 0.2) is 24.3 Å². The van der Waals surface area contributed by atoms with Crippen molar-refractivity contribution in [3.8, 4) is 0 Å². The Balaban J connectivity index is 1.87. The Labute approximate surface area is 164 Å². The number of methoxy groups -OCH3 is 1. The Morgan fingerprint density at radius 3 is 2.29 bits per heavy atom. The van der Waals surface area contributed by atoms with E-state index in [-0.39, 0.29) is 30.3 Å². The highest BCUT2D eigenvalue weighted by Crippen LogP contribution is 2.29. The summed E-state index contributed by atoms with van der Waals surface area (Å²) in [5.74, 6) is -1.73. The van der Waals surface area contributed by atoms with Crippen molar-refractivity contribution in [2.24, 2.45) is 11.8 Å². The Kier molecular flexibility index (Phi) is 5.82. The number of piperidine rings is 1. The van der Waals surface area contributed by atoms with Crippen LogP contribution in [0.25, 0.3) is 0 Å². The molecule has 1 saturated heterocycles. The summed E-state index contributed by atoms with van der Waals surface area (Å²) in [5.41, 5.74) is 0.667. The number of likely N-dealkylation sites (tertiary alicyclic amines) is 1. The number of rotatable bonds is 5. The topological polar surface area (TPSA) is 84.0 Å². The fourth-order valence-corrected chi connectivity index (χ4v) is 4.00. The lowest BCUT2D eigenvalue weighted by Crippen LogP contribution is -2.54. The van der Waals surface area contributed by atoms with Gasteiger partial charge in [0.1, 0.15) is 6.04 Å². The Hall–Kier alpha value is -2.70. The largest absolute Gasteiger partial charge is 0.469 e. The lowest BCUT2D eigenvalue weighted by atomic mass is 9.95. The van der Waals surface area contributed by atoms with Gasteiger partial charge in [0.2, 0.25) is 5.91 Å². The minimum Gasteiger partial charge on any atom is -0.469 e. The van der Waals surface area contributed by atoms with Crippen molar-refractivity contribution in [2.75, 3.05) is 20.2 Å². The predicted molar refractivity (Wildman–Crippen MR) is 102 cm³/mol. The van der Waals surface area contributed by atoms with Crippen LogP contribution < -0.4 is 0 Å². The number of hydrogen-bond donors (Lipinski definition) is 0. The highest BCUT2D eigenvalue weighted by Gasteiger charge is 2.44. The fraction of sp³-hybridized carbons (Fsp3) is 0.524. The van der Waals surface area contributed by atoms with E-state index in [9.17, 15) is 19.2 Å². The molecular formula is C21H26N2O5. The first-order chi connectivity index (χ1) is 13.3. The summed E-state index contributed by atoms with van der Waals surface area (Å²) in [4.78, 5) is 53.8. The molecule has 0 aromatic heterocycles. The number of carbonyl (C=O) groups excluding carboxylic acids is 4. The zero-order valence-corrected chi connectivity index (χ0v) is 16.5. The Morgan fingerprint density at radius 2 is 1.75 bits per heavy atom. The van der Waals surface area contributed by atoms with Crippen molar-refractivity contribution in [3.05, 3.63) is 35.4 Å². The first-order valence-electron chi connectivity index (χ1n) is 9.68. The molecule has 2 aliphatic heterocycles. The number of hydrogen-bond acceptors (Lipinski definition) is 5. The van der Waals surface area contributed by atoms with Crippen LogP contribution in [0.3, 0.4) is 0 Å². The van der Waals surface area contributed by atoms with E-state index >= 15 is 0 Å². The fourth-order valence-electron chi connectivity index (χ4n) is 4.00. The van der Waals surface area contributed by atoms with Gasteiger partial charge >= 0.3 is 5.97 Å². The number of benzene rings is 1. The van der Waals surface area contributed by atoms with E-state index in [1.54, 1.807) is 29.2 Å². The molecule has 1 aromatic rings. The number of ether oxygens (including phenoxy) is 1. The predicted octanol–water partition coefficient (Wildman–Crippen LogP) is 2.11. The third-order valence-electron chi connectivity index (χ3n) is 5.38. The molecule has 3 rings (SSSR count). The molecule has 2 atom stereocenters. The van der Waals surface area contributed by atoms with Gasteiger partial charge < -0.3 is 9.64 Å². The highest BCUT2D eigenvalue weighted by molar-refractivity contribution is 6.22. The molecule has 2 unspecified atom stereocenters. The molecule has 7 nitrogen and oxygen atoms in total. The second-order valence-electron chi connectivity index (χ2n) is 7.82. The van der Waals surface area contributed by atoms with Crippen molar-refractivity contribution >= 4 is 23.7 Å². The molecule has 0 saturated carbocycles. The normalized spacial score (nSPS) is 20.4. The Bertz CT molecular complexity index is 769. The SMILES string of the molecule is COC(=O)C1CCCN(C(=O)C(CC(C)C)N2C(=O)c3ccccc3C2=O)C1. The third kappa shape index (κ3) is 3.66. The van der Waals surface area contributed by atoms with Crippen molar-refractivity contribution in [1.82, 2.24) is 9.80 Å². The number of imide groups is 1. The van der Waals surface area contributed by atoms with Gasteiger partial charge in [-0.3, -0.25) is 24.1 Å². The molecular weight excluding hydrogens is 360 g/mol. The van der Waals surface area contributed by atoms with Crippen LogP contribution in [0.4, 0.5) is 0 Å². The van der Waals surface area contributed by atoms with E-state index in [2.05, 4.69) is 0 Å². The molecule has 1 aromatic carbocycles. The van der Waals surface area contributed by atoms with Gasteiger partial charge in [0.05, 0.1) is 24.2 Å². The van der Waals surface area contributed by atoms with Gasteiger partial charge in [0.25, 0.3) is 11.8 Å². The molecule has 0 spiro atoms. The summed E-state index contributed by atoms with van der Waals surface area (Å²) in [6, 6.07) is 5.77. The van der Waals surface area contributed by atoms with Crippen LogP contribution in [0, 0.1) is 11.8 Å². The molecule has 2 aliphatic rings. The van der Waals surface area contributed by atoms with E-state index in [1.165, 1.54) is 7.11 Å². The maximum absolute atomic E-state index is 13.3. The molecule has 3 amide bonds. The molecule has 7 heteroatoms. The summed E-state index contributed by atoms with van der Waals surface area (Å²) in [7, 11) is 1.34. The van der Waals surface area contributed by atoms with Gasteiger partial charge in [-0.05, 0) is 37.3 Å². The van der Waals surface area contributed by atoms with Crippen molar-refractivity contribution in [1.29, 1.82) is 0 Å². The summed E-state index contributed by atoms with van der Waals surface area (Å²) in [6.07, 6.45) is 1.73. The molecule has 0 bridgehead atoms. The van der Waals surface area contributed by atoms with E-state index < -0.39 is 17.9 Å². The first kappa shape index (κ1) is 20.0.